The summed E-state index contributed by atoms with van der Waals surface area (Å²) in [6, 6.07) is 0.513. The third kappa shape index (κ3) is 6.50. The van der Waals surface area contributed by atoms with E-state index in [4.69, 9.17) is 5.73 Å². The van der Waals surface area contributed by atoms with E-state index < -0.39 is 0 Å². The van der Waals surface area contributed by atoms with E-state index in [2.05, 4.69) is 29.1 Å². The molecule has 6 heteroatoms. The van der Waals surface area contributed by atoms with Crippen LogP contribution >= 0.6 is 35.3 Å². The van der Waals surface area contributed by atoms with Gasteiger partial charge in [0.25, 0.3) is 0 Å². The molecule has 1 aromatic rings. The lowest BCUT2D eigenvalue weighted by Crippen LogP contribution is -2.40. The Morgan fingerprint density at radius 2 is 2.10 bits per heavy atom. The molecule has 0 aromatic carbocycles. The number of hydrogen-bond donors (Lipinski definition) is 2. The number of aliphatic imine (C=N–C) groups is 1. The van der Waals surface area contributed by atoms with Gasteiger partial charge in [0.15, 0.2) is 5.96 Å². The summed E-state index contributed by atoms with van der Waals surface area (Å²) in [5.41, 5.74) is 6.01. The SMILES string of the molecule is Cc1cnc(C(C)CN=C(N)NC2CCCCCC2)s1.I. The van der Waals surface area contributed by atoms with Gasteiger partial charge in [-0.3, -0.25) is 4.99 Å². The highest BCUT2D eigenvalue weighted by Crippen LogP contribution is 2.21. The number of hydrogen-bond acceptors (Lipinski definition) is 3. The maximum absolute atomic E-state index is 6.01. The molecule has 120 valence electrons. The Labute approximate surface area is 149 Å². The van der Waals surface area contributed by atoms with Gasteiger partial charge < -0.3 is 11.1 Å². The highest BCUT2D eigenvalue weighted by molar-refractivity contribution is 14.0. The van der Waals surface area contributed by atoms with Gasteiger partial charge in [-0.15, -0.1) is 35.3 Å². The molecule has 1 atom stereocenters. The third-order valence-electron chi connectivity index (χ3n) is 3.80. The van der Waals surface area contributed by atoms with E-state index in [-0.39, 0.29) is 24.0 Å². The van der Waals surface area contributed by atoms with Crippen LogP contribution in [-0.2, 0) is 0 Å². The molecule has 0 spiro atoms. The highest BCUT2D eigenvalue weighted by Gasteiger charge is 2.13. The van der Waals surface area contributed by atoms with Gasteiger partial charge in [-0.05, 0) is 19.8 Å². The third-order valence-corrected chi connectivity index (χ3v) is 4.95. The van der Waals surface area contributed by atoms with Crippen molar-refractivity contribution in [1.82, 2.24) is 10.3 Å². The molecule has 4 nitrogen and oxygen atoms in total. The van der Waals surface area contributed by atoms with E-state index in [0.29, 0.717) is 24.5 Å². The van der Waals surface area contributed by atoms with Gasteiger partial charge in [0.1, 0.15) is 0 Å². The largest absolute Gasteiger partial charge is 0.370 e. The molecule has 0 amide bonds. The molecular formula is C15H27IN4S. The Morgan fingerprint density at radius 1 is 1.43 bits per heavy atom. The summed E-state index contributed by atoms with van der Waals surface area (Å²) in [7, 11) is 0. The van der Waals surface area contributed by atoms with Gasteiger partial charge in [0.2, 0.25) is 0 Å². The lowest BCUT2D eigenvalue weighted by molar-refractivity contribution is 0.529. The Hall–Kier alpha value is -0.370. The molecule has 2 rings (SSSR count). The van der Waals surface area contributed by atoms with Crippen LogP contribution in [0.2, 0.25) is 0 Å². The van der Waals surface area contributed by atoms with Crippen molar-refractivity contribution in [2.75, 3.05) is 6.54 Å². The second-order valence-electron chi connectivity index (χ2n) is 5.77. The van der Waals surface area contributed by atoms with Crippen LogP contribution in [0.1, 0.15) is 61.3 Å². The lowest BCUT2D eigenvalue weighted by Gasteiger charge is -2.17. The zero-order chi connectivity index (χ0) is 14.4. The first kappa shape index (κ1) is 18.7. The molecule has 1 unspecified atom stereocenters. The first-order chi connectivity index (χ1) is 9.65. The van der Waals surface area contributed by atoms with Crippen molar-refractivity contribution in [3.05, 3.63) is 16.1 Å². The van der Waals surface area contributed by atoms with Crippen molar-refractivity contribution in [3.8, 4) is 0 Å². The van der Waals surface area contributed by atoms with Crippen LogP contribution < -0.4 is 11.1 Å². The minimum atomic E-state index is 0. The molecule has 3 N–H and O–H groups in total. The Bertz CT molecular complexity index is 439. The molecule has 1 aliphatic carbocycles. The number of aryl methyl sites for hydroxylation is 1. The molecule has 0 bridgehead atoms. The lowest BCUT2D eigenvalue weighted by atomic mass is 10.1. The van der Waals surface area contributed by atoms with Crippen molar-refractivity contribution >= 4 is 41.3 Å². The predicted octanol–water partition coefficient (Wildman–Crippen LogP) is 3.80. The van der Waals surface area contributed by atoms with Gasteiger partial charge in [0, 0.05) is 23.0 Å². The molecule has 0 radical (unpaired) electrons. The van der Waals surface area contributed by atoms with Crippen molar-refractivity contribution < 1.29 is 0 Å². The summed E-state index contributed by atoms with van der Waals surface area (Å²) in [5.74, 6) is 0.931. The minimum absolute atomic E-state index is 0. The number of rotatable bonds is 4. The smallest absolute Gasteiger partial charge is 0.188 e. The molecule has 1 saturated carbocycles. The second-order valence-corrected chi connectivity index (χ2v) is 7.04. The van der Waals surface area contributed by atoms with Crippen LogP contribution in [0.4, 0.5) is 0 Å². The number of guanidine groups is 1. The number of halogens is 1. The van der Waals surface area contributed by atoms with Gasteiger partial charge >= 0.3 is 0 Å². The van der Waals surface area contributed by atoms with Gasteiger partial charge in [-0.1, -0.05) is 32.6 Å². The van der Waals surface area contributed by atoms with E-state index in [1.807, 2.05) is 6.20 Å². The summed E-state index contributed by atoms with van der Waals surface area (Å²) in [5, 5.41) is 4.53. The molecule has 1 aliphatic rings. The van der Waals surface area contributed by atoms with E-state index in [9.17, 15) is 0 Å². The molecule has 1 fully saturated rings. The summed E-state index contributed by atoms with van der Waals surface area (Å²) in [6.45, 7) is 4.94. The molecule has 0 aliphatic heterocycles. The van der Waals surface area contributed by atoms with Crippen LogP contribution in [0.25, 0.3) is 0 Å². The average Bonchev–Trinajstić information content (AvgIpc) is 2.70. The molecule has 1 aromatic heterocycles. The quantitative estimate of drug-likeness (QED) is 0.336. The van der Waals surface area contributed by atoms with Crippen LogP contribution in [0.5, 0.6) is 0 Å². The average molecular weight is 422 g/mol. The fraction of sp³-hybridized carbons (Fsp3) is 0.733. The van der Waals surface area contributed by atoms with E-state index in [0.717, 1.165) is 5.01 Å². The summed E-state index contributed by atoms with van der Waals surface area (Å²) in [6.07, 6.45) is 9.69. The van der Waals surface area contributed by atoms with E-state index in [1.54, 1.807) is 11.3 Å². The Kier molecular flexibility index (Phi) is 8.55. The highest BCUT2D eigenvalue weighted by atomic mass is 127. The topological polar surface area (TPSA) is 63.3 Å². The number of nitrogens with two attached hydrogens (primary N) is 1. The number of nitrogens with zero attached hydrogens (tertiary/aromatic N) is 2. The van der Waals surface area contributed by atoms with Crippen molar-refractivity contribution in [3.63, 3.8) is 0 Å². The summed E-state index contributed by atoms with van der Waals surface area (Å²) in [4.78, 5) is 10.1. The van der Waals surface area contributed by atoms with Crippen LogP contribution in [0, 0.1) is 6.92 Å². The van der Waals surface area contributed by atoms with E-state index >= 15 is 0 Å². The molecule has 21 heavy (non-hydrogen) atoms. The van der Waals surface area contributed by atoms with Crippen LogP contribution in [0.15, 0.2) is 11.2 Å². The molecular weight excluding hydrogens is 395 g/mol. The Balaban J connectivity index is 0.00000220. The predicted molar refractivity (Wildman–Crippen MR) is 102 cm³/mol. The number of thiazole rings is 1. The van der Waals surface area contributed by atoms with Crippen molar-refractivity contribution in [1.29, 1.82) is 0 Å². The number of aromatic nitrogens is 1. The molecule has 1 heterocycles. The monoisotopic (exact) mass is 422 g/mol. The van der Waals surface area contributed by atoms with Crippen molar-refractivity contribution in [2.24, 2.45) is 10.7 Å². The molecule has 0 saturated heterocycles. The standard InChI is InChI=1S/C15H26N4S.HI/c1-11(14-17-10-12(2)20-14)9-18-15(16)19-13-7-5-3-4-6-8-13;/h10-11,13H,3-9H2,1-2H3,(H3,16,18,19);1H. The Morgan fingerprint density at radius 3 is 2.67 bits per heavy atom. The first-order valence-electron chi connectivity index (χ1n) is 7.64. The first-order valence-corrected chi connectivity index (χ1v) is 8.45. The van der Waals surface area contributed by atoms with Gasteiger partial charge in [0.05, 0.1) is 11.6 Å². The fourth-order valence-corrected chi connectivity index (χ4v) is 3.41. The van der Waals surface area contributed by atoms with Gasteiger partial charge in [-0.25, -0.2) is 4.98 Å². The maximum Gasteiger partial charge on any atom is 0.188 e. The summed E-state index contributed by atoms with van der Waals surface area (Å²) < 4.78 is 0. The number of nitrogens with one attached hydrogen (secondary N) is 1. The zero-order valence-electron chi connectivity index (χ0n) is 13.0. The van der Waals surface area contributed by atoms with Crippen LogP contribution in [0.3, 0.4) is 0 Å². The second kappa shape index (κ2) is 9.61. The maximum atomic E-state index is 6.01. The van der Waals surface area contributed by atoms with Gasteiger partial charge in [-0.2, -0.15) is 0 Å². The van der Waals surface area contributed by atoms with Crippen LogP contribution in [-0.4, -0.2) is 23.5 Å². The summed E-state index contributed by atoms with van der Waals surface area (Å²) >= 11 is 1.74. The van der Waals surface area contributed by atoms with Crippen molar-refractivity contribution in [2.45, 2.75) is 64.3 Å². The van der Waals surface area contributed by atoms with E-state index in [1.165, 1.54) is 43.4 Å². The zero-order valence-corrected chi connectivity index (χ0v) is 16.1. The normalized spacial score (nSPS) is 18.7. The minimum Gasteiger partial charge on any atom is -0.370 e. The fourth-order valence-electron chi connectivity index (χ4n) is 2.59.